The molecule has 0 aromatic heterocycles. The highest BCUT2D eigenvalue weighted by atomic mass is 19.2. The van der Waals surface area contributed by atoms with Crippen LogP contribution in [0.4, 0.5) is 14.5 Å². The van der Waals surface area contributed by atoms with Gasteiger partial charge in [0.1, 0.15) is 12.1 Å². The molecule has 0 aliphatic rings. The minimum atomic E-state index is -1.19. The number of benzene rings is 1. The van der Waals surface area contributed by atoms with Crippen molar-refractivity contribution >= 4 is 11.6 Å². The maximum absolute atomic E-state index is 13.7. The Hall–Kier alpha value is -2.16. The summed E-state index contributed by atoms with van der Waals surface area (Å²) in [4.78, 5) is 11.3. The molecule has 0 aliphatic carbocycles. The van der Waals surface area contributed by atoms with E-state index >= 15 is 0 Å². The van der Waals surface area contributed by atoms with Crippen molar-refractivity contribution in [3.63, 3.8) is 0 Å². The molecule has 0 saturated heterocycles. The van der Waals surface area contributed by atoms with Crippen LogP contribution in [-0.4, -0.2) is 11.9 Å². The van der Waals surface area contributed by atoms with E-state index in [4.69, 9.17) is 11.0 Å². The zero-order valence-electron chi connectivity index (χ0n) is 10.7. The number of carbonyl (C=O) groups is 1. The molecule has 6 heteroatoms. The fraction of sp³-hybridized carbons (Fsp3) is 0.385. The molecule has 1 aromatic rings. The standard InChI is InChI=1S/C13H15F2N3O/c1-7(2)5-10(13(17)19)18-12-8(6-16)3-4-9(14)11(12)15/h3-4,7,10,18H,5H2,1-2H3,(H2,17,19). The molecule has 1 unspecified atom stereocenters. The molecule has 0 saturated carbocycles. The van der Waals surface area contributed by atoms with Gasteiger partial charge in [-0.15, -0.1) is 0 Å². The average Bonchev–Trinajstić information content (AvgIpc) is 2.33. The Balaban J connectivity index is 3.12. The number of nitrogens with one attached hydrogen (secondary N) is 1. The molecular formula is C13H15F2N3O. The Morgan fingerprint density at radius 3 is 2.58 bits per heavy atom. The molecule has 1 amide bonds. The molecule has 0 fully saturated rings. The summed E-state index contributed by atoms with van der Waals surface area (Å²) >= 11 is 0. The average molecular weight is 267 g/mol. The van der Waals surface area contributed by atoms with E-state index in [1.807, 2.05) is 13.8 Å². The number of nitriles is 1. The highest BCUT2D eigenvalue weighted by Gasteiger charge is 2.21. The first-order valence-corrected chi connectivity index (χ1v) is 5.80. The van der Waals surface area contributed by atoms with Gasteiger partial charge in [-0.25, -0.2) is 8.78 Å². The molecule has 1 rings (SSSR count). The van der Waals surface area contributed by atoms with Gasteiger partial charge in [-0.2, -0.15) is 5.26 Å². The SMILES string of the molecule is CC(C)CC(Nc1c(C#N)ccc(F)c1F)C(N)=O. The number of nitrogens with two attached hydrogens (primary N) is 1. The summed E-state index contributed by atoms with van der Waals surface area (Å²) in [5.74, 6) is -2.82. The van der Waals surface area contributed by atoms with Crippen LogP contribution in [0.1, 0.15) is 25.8 Å². The maximum Gasteiger partial charge on any atom is 0.239 e. The minimum absolute atomic E-state index is 0.0751. The lowest BCUT2D eigenvalue weighted by Crippen LogP contribution is -2.37. The molecule has 19 heavy (non-hydrogen) atoms. The summed E-state index contributed by atoms with van der Waals surface area (Å²) < 4.78 is 26.8. The Labute approximate surface area is 110 Å². The maximum atomic E-state index is 13.7. The first-order chi connectivity index (χ1) is 8.86. The fourth-order valence-electron chi connectivity index (χ4n) is 1.68. The number of rotatable bonds is 5. The smallest absolute Gasteiger partial charge is 0.239 e. The predicted octanol–water partition coefficient (Wildman–Crippen LogP) is 2.15. The number of amides is 1. The van der Waals surface area contributed by atoms with Crippen molar-refractivity contribution in [2.24, 2.45) is 11.7 Å². The lowest BCUT2D eigenvalue weighted by molar-refractivity contribution is -0.119. The summed E-state index contributed by atoms with van der Waals surface area (Å²) in [6.07, 6.45) is 0.357. The summed E-state index contributed by atoms with van der Waals surface area (Å²) in [5, 5.41) is 11.4. The number of halogens is 2. The molecule has 0 spiro atoms. The van der Waals surface area contributed by atoms with E-state index in [1.165, 1.54) is 0 Å². The third-order valence-electron chi connectivity index (χ3n) is 2.58. The number of anilines is 1. The van der Waals surface area contributed by atoms with E-state index in [-0.39, 0.29) is 17.2 Å². The van der Waals surface area contributed by atoms with Gasteiger partial charge in [0.05, 0.1) is 11.3 Å². The number of primary amides is 1. The van der Waals surface area contributed by atoms with Gasteiger partial charge in [-0.3, -0.25) is 4.79 Å². The minimum Gasteiger partial charge on any atom is -0.370 e. The van der Waals surface area contributed by atoms with Crippen LogP contribution < -0.4 is 11.1 Å². The van der Waals surface area contributed by atoms with E-state index in [0.29, 0.717) is 6.42 Å². The van der Waals surface area contributed by atoms with Crippen molar-refractivity contribution in [3.8, 4) is 6.07 Å². The van der Waals surface area contributed by atoms with Crippen LogP contribution in [0, 0.1) is 28.9 Å². The van der Waals surface area contributed by atoms with Gasteiger partial charge in [0, 0.05) is 0 Å². The van der Waals surface area contributed by atoms with Crippen LogP contribution in [0.3, 0.4) is 0 Å². The van der Waals surface area contributed by atoms with Crippen molar-refractivity contribution in [1.82, 2.24) is 0 Å². The number of carbonyl (C=O) groups excluding carboxylic acids is 1. The second-order valence-corrected chi connectivity index (χ2v) is 4.62. The van der Waals surface area contributed by atoms with Crippen molar-refractivity contribution < 1.29 is 13.6 Å². The van der Waals surface area contributed by atoms with Gasteiger partial charge >= 0.3 is 0 Å². The zero-order valence-corrected chi connectivity index (χ0v) is 10.7. The molecule has 0 aliphatic heterocycles. The van der Waals surface area contributed by atoms with Crippen molar-refractivity contribution in [2.45, 2.75) is 26.3 Å². The quantitative estimate of drug-likeness (QED) is 0.857. The summed E-state index contributed by atoms with van der Waals surface area (Å²) in [5.41, 5.74) is 4.81. The molecule has 4 nitrogen and oxygen atoms in total. The van der Waals surface area contributed by atoms with Crippen LogP contribution in [-0.2, 0) is 4.79 Å². The highest BCUT2D eigenvalue weighted by molar-refractivity contribution is 5.83. The van der Waals surface area contributed by atoms with Gasteiger partial charge in [-0.05, 0) is 24.5 Å². The molecule has 0 bridgehead atoms. The lowest BCUT2D eigenvalue weighted by atomic mass is 10.0. The van der Waals surface area contributed by atoms with Gasteiger partial charge in [-0.1, -0.05) is 13.8 Å². The Morgan fingerprint density at radius 2 is 2.11 bits per heavy atom. The monoisotopic (exact) mass is 267 g/mol. The number of nitrogens with zero attached hydrogens (tertiary/aromatic N) is 1. The van der Waals surface area contributed by atoms with Crippen LogP contribution >= 0.6 is 0 Å². The topological polar surface area (TPSA) is 78.9 Å². The first-order valence-electron chi connectivity index (χ1n) is 5.80. The molecule has 1 atom stereocenters. The first kappa shape index (κ1) is 14.9. The van der Waals surface area contributed by atoms with E-state index in [9.17, 15) is 13.6 Å². The molecule has 0 radical (unpaired) electrons. The Bertz CT molecular complexity index is 523. The molecular weight excluding hydrogens is 252 g/mol. The van der Waals surface area contributed by atoms with E-state index in [0.717, 1.165) is 12.1 Å². The fourth-order valence-corrected chi connectivity index (χ4v) is 1.68. The predicted molar refractivity (Wildman–Crippen MR) is 67.1 cm³/mol. The lowest BCUT2D eigenvalue weighted by Gasteiger charge is -2.19. The summed E-state index contributed by atoms with van der Waals surface area (Å²) in [6, 6.07) is 2.89. The Morgan fingerprint density at radius 1 is 1.47 bits per heavy atom. The molecule has 1 aromatic carbocycles. The normalized spacial score (nSPS) is 12.0. The van der Waals surface area contributed by atoms with Gasteiger partial charge in [0.15, 0.2) is 11.6 Å². The van der Waals surface area contributed by atoms with Gasteiger partial charge in [0.2, 0.25) is 5.91 Å². The third kappa shape index (κ3) is 3.65. The Kier molecular flexibility index (Phi) is 4.81. The van der Waals surface area contributed by atoms with E-state index < -0.39 is 23.6 Å². The van der Waals surface area contributed by atoms with Crippen LogP contribution in [0.2, 0.25) is 0 Å². The largest absolute Gasteiger partial charge is 0.370 e. The van der Waals surface area contributed by atoms with E-state index in [2.05, 4.69) is 5.32 Å². The second kappa shape index (κ2) is 6.14. The third-order valence-corrected chi connectivity index (χ3v) is 2.58. The van der Waals surface area contributed by atoms with E-state index in [1.54, 1.807) is 6.07 Å². The summed E-state index contributed by atoms with van der Waals surface area (Å²) in [6.45, 7) is 3.73. The van der Waals surface area contributed by atoms with Crippen LogP contribution in [0.15, 0.2) is 12.1 Å². The van der Waals surface area contributed by atoms with Gasteiger partial charge < -0.3 is 11.1 Å². The number of hydrogen-bond acceptors (Lipinski definition) is 3. The van der Waals surface area contributed by atoms with Gasteiger partial charge in [0.25, 0.3) is 0 Å². The van der Waals surface area contributed by atoms with Crippen LogP contribution in [0.5, 0.6) is 0 Å². The number of hydrogen-bond donors (Lipinski definition) is 2. The van der Waals surface area contributed by atoms with Crippen molar-refractivity contribution in [1.29, 1.82) is 5.26 Å². The molecule has 0 heterocycles. The summed E-state index contributed by atoms with van der Waals surface area (Å²) in [7, 11) is 0. The van der Waals surface area contributed by atoms with Crippen molar-refractivity contribution in [2.75, 3.05) is 5.32 Å². The molecule has 102 valence electrons. The second-order valence-electron chi connectivity index (χ2n) is 4.62. The molecule has 3 N–H and O–H groups in total. The zero-order chi connectivity index (χ0) is 14.6. The highest BCUT2D eigenvalue weighted by Crippen LogP contribution is 2.24. The van der Waals surface area contributed by atoms with Crippen molar-refractivity contribution in [3.05, 3.63) is 29.3 Å². The van der Waals surface area contributed by atoms with Crippen LogP contribution in [0.25, 0.3) is 0 Å².